The lowest BCUT2D eigenvalue weighted by Gasteiger charge is -2.25. The van der Waals surface area contributed by atoms with Crippen LogP contribution >= 0.6 is 27.3 Å². The van der Waals surface area contributed by atoms with Crippen LogP contribution in [0.1, 0.15) is 48.3 Å². The second-order valence-electron chi connectivity index (χ2n) is 10.9. The van der Waals surface area contributed by atoms with Gasteiger partial charge in [0.15, 0.2) is 34.4 Å². The van der Waals surface area contributed by atoms with Gasteiger partial charge in [0.1, 0.15) is 0 Å². The van der Waals surface area contributed by atoms with Gasteiger partial charge in [-0.15, -0.1) is 0 Å². The van der Waals surface area contributed by atoms with Crippen LogP contribution in [0, 0.1) is 0 Å². The molecule has 266 valence electrons. The maximum atomic E-state index is 14.1. The number of thiazole rings is 1. The molecular formula is C36H34BrN3O10S. The molecule has 15 heteroatoms. The number of phenols is 1. The molecule has 0 bridgehead atoms. The first kappa shape index (κ1) is 36.9. The lowest BCUT2D eigenvalue weighted by Crippen LogP contribution is -2.39. The molecule has 1 aromatic heterocycles. The summed E-state index contributed by atoms with van der Waals surface area (Å²) in [5.41, 5.74) is 2.09. The van der Waals surface area contributed by atoms with Gasteiger partial charge in [0.05, 0.1) is 59.3 Å². The van der Waals surface area contributed by atoms with Gasteiger partial charge in [-0.25, -0.2) is 14.6 Å². The third-order valence-corrected chi connectivity index (χ3v) is 9.19. The number of rotatable bonds is 12. The number of halogens is 1. The van der Waals surface area contributed by atoms with E-state index in [2.05, 4.69) is 26.2 Å². The van der Waals surface area contributed by atoms with Crippen LogP contribution in [0.5, 0.6) is 23.0 Å². The molecule has 1 aliphatic rings. The number of carbonyl (C=O) groups excluding carboxylic acids is 3. The predicted octanol–water partition coefficient (Wildman–Crippen LogP) is 4.48. The lowest BCUT2D eigenvalue weighted by molar-refractivity contribution is -0.139. The molecule has 13 nitrogen and oxygen atoms in total. The average molecular weight is 781 g/mol. The van der Waals surface area contributed by atoms with Crippen molar-refractivity contribution in [3.8, 4) is 23.0 Å². The summed E-state index contributed by atoms with van der Waals surface area (Å²) >= 11 is 4.63. The Morgan fingerprint density at radius 2 is 1.67 bits per heavy atom. The second kappa shape index (κ2) is 16.1. The summed E-state index contributed by atoms with van der Waals surface area (Å²) in [7, 11) is 2.85. The molecule has 2 N–H and O–H groups in total. The van der Waals surface area contributed by atoms with Crippen LogP contribution in [0.15, 0.2) is 80.1 Å². The largest absolute Gasteiger partial charge is 0.504 e. The Labute approximate surface area is 304 Å². The van der Waals surface area contributed by atoms with Crippen molar-refractivity contribution in [3.63, 3.8) is 0 Å². The Bertz CT molecular complexity index is 2210. The van der Waals surface area contributed by atoms with Gasteiger partial charge < -0.3 is 34.1 Å². The Kier molecular flexibility index (Phi) is 11.6. The van der Waals surface area contributed by atoms with E-state index in [9.17, 15) is 24.3 Å². The van der Waals surface area contributed by atoms with Crippen molar-refractivity contribution >= 4 is 56.9 Å². The molecule has 0 spiro atoms. The van der Waals surface area contributed by atoms with E-state index < -0.39 is 29.4 Å². The van der Waals surface area contributed by atoms with E-state index in [1.54, 1.807) is 75.4 Å². The summed E-state index contributed by atoms with van der Waals surface area (Å²) in [5, 5.41) is 12.9. The van der Waals surface area contributed by atoms with Gasteiger partial charge in [-0.05, 0) is 102 Å². The Morgan fingerprint density at radius 3 is 2.33 bits per heavy atom. The van der Waals surface area contributed by atoms with Crippen LogP contribution in [-0.2, 0) is 19.1 Å². The van der Waals surface area contributed by atoms with Crippen molar-refractivity contribution in [2.45, 2.75) is 26.8 Å². The first-order valence-electron chi connectivity index (χ1n) is 15.6. The van der Waals surface area contributed by atoms with Crippen LogP contribution in [0.3, 0.4) is 0 Å². The van der Waals surface area contributed by atoms with Gasteiger partial charge in [-0.2, -0.15) is 0 Å². The van der Waals surface area contributed by atoms with Gasteiger partial charge in [0.2, 0.25) is 0 Å². The monoisotopic (exact) mass is 779 g/mol. The van der Waals surface area contributed by atoms with Crippen molar-refractivity contribution in [2.24, 2.45) is 4.99 Å². The van der Waals surface area contributed by atoms with E-state index in [0.717, 1.165) is 11.3 Å². The van der Waals surface area contributed by atoms with Crippen LogP contribution in [-0.4, -0.2) is 61.6 Å². The maximum Gasteiger partial charge on any atom is 0.338 e. The molecule has 51 heavy (non-hydrogen) atoms. The molecule has 0 fully saturated rings. The summed E-state index contributed by atoms with van der Waals surface area (Å²) in [6, 6.07) is 13.3. The molecule has 0 saturated carbocycles. The van der Waals surface area contributed by atoms with E-state index in [4.69, 9.17) is 23.7 Å². The SMILES string of the molecule is CCOC(=O)C1=C(C)N=c2s/c(=C/c3cc(Br)c(OCC(=O)Nc4ccc(C(=O)OCC)cc4)c(OC)c3)c(=O)n2C1c1ccc(O)c(OC)c1. The number of aromatic nitrogens is 1. The molecule has 1 atom stereocenters. The maximum absolute atomic E-state index is 14.1. The fraction of sp³-hybridized carbons (Fsp3) is 0.250. The number of nitrogens with one attached hydrogen (secondary N) is 1. The minimum atomic E-state index is -0.907. The molecule has 1 aliphatic heterocycles. The molecule has 3 aromatic carbocycles. The first-order chi connectivity index (χ1) is 24.5. The molecule has 0 saturated heterocycles. The summed E-state index contributed by atoms with van der Waals surface area (Å²) in [4.78, 5) is 56.8. The van der Waals surface area contributed by atoms with Gasteiger partial charge in [-0.3, -0.25) is 14.2 Å². The van der Waals surface area contributed by atoms with Gasteiger partial charge in [0.25, 0.3) is 11.5 Å². The molecule has 4 aromatic rings. The lowest BCUT2D eigenvalue weighted by atomic mass is 9.95. The Morgan fingerprint density at radius 1 is 0.980 bits per heavy atom. The van der Waals surface area contributed by atoms with E-state index in [1.807, 2.05) is 0 Å². The van der Waals surface area contributed by atoms with Gasteiger partial charge >= 0.3 is 11.9 Å². The minimum Gasteiger partial charge on any atom is -0.504 e. The topological polar surface area (TPSA) is 164 Å². The quantitative estimate of drug-likeness (QED) is 0.196. The zero-order valence-electron chi connectivity index (χ0n) is 28.3. The van der Waals surface area contributed by atoms with Crippen LogP contribution < -0.4 is 34.4 Å². The van der Waals surface area contributed by atoms with Crippen molar-refractivity contribution in [3.05, 3.63) is 107 Å². The number of anilines is 1. The molecule has 1 amide bonds. The highest BCUT2D eigenvalue weighted by Crippen LogP contribution is 2.38. The summed E-state index contributed by atoms with van der Waals surface area (Å²) in [6.45, 7) is 5.12. The number of phenolic OH excluding ortho intramolecular Hbond substituents is 1. The third kappa shape index (κ3) is 7.99. The number of allylic oxidation sites excluding steroid dienone is 1. The summed E-state index contributed by atoms with van der Waals surface area (Å²) in [6.07, 6.45) is 1.66. The molecule has 1 unspecified atom stereocenters. The van der Waals surface area contributed by atoms with E-state index in [1.165, 1.54) is 24.9 Å². The number of hydrogen-bond donors (Lipinski definition) is 2. The third-order valence-electron chi connectivity index (χ3n) is 7.61. The zero-order chi connectivity index (χ0) is 36.8. The molecule has 5 rings (SSSR count). The van der Waals surface area contributed by atoms with E-state index in [0.29, 0.717) is 47.6 Å². The number of ether oxygens (including phenoxy) is 5. The van der Waals surface area contributed by atoms with Crippen LogP contribution in [0.25, 0.3) is 6.08 Å². The number of methoxy groups -OCH3 is 2. The van der Waals surface area contributed by atoms with Crippen molar-refractivity contribution in [1.29, 1.82) is 0 Å². The molecular weight excluding hydrogens is 746 g/mol. The fourth-order valence-corrected chi connectivity index (χ4v) is 6.95. The molecule has 0 aliphatic carbocycles. The van der Waals surface area contributed by atoms with Crippen molar-refractivity contribution in [1.82, 2.24) is 4.57 Å². The number of hydrogen-bond acceptors (Lipinski definition) is 12. The number of fused-ring (bicyclic) bond motifs is 1. The van der Waals surface area contributed by atoms with E-state index >= 15 is 0 Å². The number of amides is 1. The van der Waals surface area contributed by atoms with Gasteiger partial charge in [-0.1, -0.05) is 17.4 Å². The highest BCUT2D eigenvalue weighted by atomic mass is 79.9. The fourth-order valence-electron chi connectivity index (χ4n) is 5.32. The highest BCUT2D eigenvalue weighted by Gasteiger charge is 2.34. The minimum absolute atomic E-state index is 0.0956. The van der Waals surface area contributed by atoms with Crippen LogP contribution in [0.4, 0.5) is 5.69 Å². The van der Waals surface area contributed by atoms with Crippen molar-refractivity contribution in [2.75, 3.05) is 39.4 Å². The van der Waals surface area contributed by atoms with E-state index in [-0.39, 0.29) is 42.6 Å². The summed E-state index contributed by atoms with van der Waals surface area (Å²) < 4.78 is 29.2. The standard InChI is InChI=1S/C36H34BrN3O10S/c1-6-48-34(44)21-8-11-23(12-9-21)39-29(42)18-50-32-24(37)14-20(15-27(32)47-5)16-28-33(43)40-31(22-10-13-25(41)26(17-22)46-4)30(35(45)49-7-2)19(3)38-36(40)51-28/h8-17,31,41H,6-7,18H2,1-5H3,(H,39,42)/b28-16+. The molecule has 2 heterocycles. The second-order valence-corrected chi connectivity index (χ2v) is 12.8. The predicted molar refractivity (Wildman–Crippen MR) is 192 cm³/mol. The highest BCUT2D eigenvalue weighted by molar-refractivity contribution is 9.10. The number of nitrogens with zero attached hydrogens (tertiary/aromatic N) is 2. The Hall–Kier alpha value is -5.41. The number of carbonyl (C=O) groups is 3. The average Bonchev–Trinajstić information content (AvgIpc) is 3.41. The van der Waals surface area contributed by atoms with Crippen molar-refractivity contribution < 1.29 is 43.2 Å². The Balaban J connectivity index is 1.44. The molecule has 0 radical (unpaired) electrons. The number of aromatic hydroxyl groups is 1. The normalized spacial score (nSPS) is 13.9. The smallest absolute Gasteiger partial charge is 0.338 e. The van der Waals surface area contributed by atoms with Gasteiger partial charge in [0, 0.05) is 5.69 Å². The first-order valence-corrected chi connectivity index (χ1v) is 17.2. The number of esters is 2. The van der Waals surface area contributed by atoms with Crippen LogP contribution in [0.2, 0.25) is 0 Å². The zero-order valence-corrected chi connectivity index (χ0v) is 30.7. The summed E-state index contributed by atoms with van der Waals surface area (Å²) in [5.74, 6) is -0.879. The number of benzene rings is 3.